The van der Waals surface area contributed by atoms with E-state index in [4.69, 9.17) is 56.8 Å². The third kappa shape index (κ3) is 29.9. The number of halogens is 6. The number of hydrogen-bond acceptors (Lipinski definition) is 12. The number of para-hydroxylation sites is 12. The van der Waals surface area contributed by atoms with Crippen molar-refractivity contribution in [3.8, 4) is 69.0 Å². The maximum absolute atomic E-state index is 5.34. The van der Waals surface area contributed by atoms with Gasteiger partial charge in [-0.1, -0.05) is 146 Å². The van der Waals surface area contributed by atoms with Crippen molar-refractivity contribution in [2.45, 2.75) is 58.7 Å². The molecule has 0 bridgehead atoms. The zero-order valence-electron chi connectivity index (χ0n) is 61.6. The summed E-state index contributed by atoms with van der Waals surface area (Å²) in [4.78, 5) is 13.7. The summed E-state index contributed by atoms with van der Waals surface area (Å²) in [5.74, 6) is 10.8. The van der Waals surface area contributed by atoms with Crippen molar-refractivity contribution >= 4 is 70.6 Å². The van der Waals surface area contributed by atoms with Crippen molar-refractivity contribution in [1.82, 2.24) is 0 Å². The van der Waals surface area contributed by atoms with E-state index < -0.39 is 0 Å². The minimum Gasteiger partial charge on any atom is -1.00 e. The van der Waals surface area contributed by atoms with Crippen LogP contribution in [0.3, 0.4) is 0 Å². The number of methoxy groups -OCH3 is 12. The van der Waals surface area contributed by atoms with Crippen LogP contribution in [-0.4, -0.2) is 85.3 Å². The molecule has 12 nitrogen and oxygen atoms in total. The SMILES string of the molecule is COc1ccccc1[SH+]c1ccccc1OC.COc1ccccc1[SH+]c1ccccc1OC.COc1ccccc1[SH+]c1ccccc1OC.COc1ccccc1[SH+]c1ccccc1OC.COc1ccccc1[SH+]c1ccccc1OC.COc1ccccc1[SH+]c1ccccc1OC.[F-].[F-].[F-].[F-].[F-].[F-]. The van der Waals surface area contributed by atoms with E-state index in [2.05, 4.69) is 72.8 Å². The van der Waals surface area contributed by atoms with Gasteiger partial charge in [-0.25, -0.2) is 0 Å². The Bertz CT molecular complexity index is 3460. The van der Waals surface area contributed by atoms with Gasteiger partial charge in [0.25, 0.3) is 0 Å². The lowest BCUT2D eigenvalue weighted by atomic mass is 10.3. The summed E-state index contributed by atoms with van der Waals surface area (Å²) in [5.41, 5.74) is 0. The van der Waals surface area contributed by atoms with Crippen molar-refractivity contribution in [2.24, 2.45) is 0 Å². The van der Waals surface area contributed by atoms with Crippen LogP contribution in [0.5, 0.6) is 69.0 Å². The largest absolute Gasteiger partial charge is 1.00 e. The summed E-state index contributed by atoms with van der Waals surface area (Å²) in [7, 11) is 20.3. The topological polar surface area (TPSA) is 111 Å². The van der Waals surface area contributed by atoms with E-state index in [1.54, 1.807) is 85.3 Å². The minimum atomic E-state index is 0. The van der Waals surface area contributed by atoms with Crippen LogP contribution in [0, 0.1) is 0 Å². The summed E-state index contributed by atoms with van der Waals surface area (Å²) in [6.45, 7) is 0. The van der Waals surface area contributed by atoms with Gasteiger partial charge in [-0.15, -0.1) is 0 Å². The Morgan fingerprint density at radius 1 is 0.120 bits per heavy atom. The minimum absolute atomic E-state index is 0. The van der Waals surface area contributed by atoms with Gasteiger partial charge in [0, 0.05) is 0 Å². The molecule has 0 radical (unpaired) electrons. The third-order valence-electron chi connectivity index (χ3n) is 14.5. The Kier molecular flexibility index (Phi) is 48.4. The first-order valence-electron chi connectivity index (χ1n) is 32.0. The zero-order chi connectivity index (χ0) is 72.5. The van der Waals surface area contributed by atoms with Crippen LogP contribution in [0.15, 0.2) is 350 Å². The predicted molar refractivity (Wildman–Crippen MR) is 428 cm³/mol. The molecule has 0 heterocycles. The van der Waals surface area contributed by atoms with Gasteiger partial charge in [0.05, 0.1) is 156 Å². The summed E-state index contributed by atoms with van der Waals surface area (Å²) in [5, 5.41) is 0. The first-order chi connectivity index (χ1) is 50.1. The van der Waals surface area contributed by atoms with Gasteiger partial charge in [-0.2, -0.15) is 0 Å². The van der Waals surface area contributed by atoms with Gasteiger partial charge in [0.1, 0.15) is 0 Å². The van der Waals surface area contributed by atoms with Gasteiger partial charge >= 0.3 is 0 Å². The summed E-state index contributed by atoms with van der Waals surface area (Å²) in [6.07, 6.45) is 0. The third-order valence-corrected chi connectivity index (χ3v) is 21.8. The molecule has 0 fully saturated rings. The average molecular weight is 1600 g/mol. The highest BCUT2D eigenvalue weighted by molar-refractivity contribution is 7.80. The fraction of sp³-hybridized carbons (Fsp3) is 0.143. The Morgan fingerprint density at radius 2 is 0.185 bits per heavy atom. The van der Waals surface area contributed by atoms with Crippen LogP contribution in [-0.2, 0) is 70.6 Å². The number of benzene rings is 12. The highest BCUT2D eigenvalue weighted by Gasteiger charge is 2.22. The molecule has 576 valence electrons. The summed E-state index contributed by atoms with van der Waals surface area (Å²) >= 11 is 6.53. The van der Waals surface area contributed by atoms with Gasteiger partial charge in [0.2, 0.25) is 0 Å². The molecule has 12 aromatic carbocycles. The summed E-state index contributed by atoms with van der Waals surface area (Å²) in [6, 6.07) is 96.2. The average Bonchev–Trinajstić information content (AvgIpc) is 0.884. The molecule has 12 rings (SSSR count). The molecule has 12 aromatic rings. The maximum Gasteiger partial charge on any atom is 0.200 e. The fourth-order valence-corrected chi connectivity index (χ4v) is 16.2. The van der Waals surface area contributed by atoms with E-state index >= 15 is 0 Å². The predicted octanol–water partition coefficient (Wildman–Crippen LogP) is -0.356. The molecular weight excluding hydrogens is 1510 g/mol. The van der Waals surface area contributed by atoms with E-state index in [1.165, 1.54) is 0 Å². The van der Waals surface area contributed by atoms with E-state index in [-0.39, 0.29) is 28.2 Å². The highest BCUT2D eigenvalue weighted by atomic mass is 32.2. The van der Waals surface area contributed by atoms with Crippen molar-refractivity contribution in [3.63, 3.8) is 0 Å². The Hall–Kier alpha value is -10.1. The molecule has 24 heteroatoms. The van der Waals surface area contributed by atoms with Crippen LogP contribution in [0.4, 0.5) is 0 Å². The number of ether oxygens (including phenoxy) is 12. The molecule has 0 amide bonds. The van der Waals surface area contributed by atoms with Crippen LogP contribution in [0.1, 0.15) is 0 Å². The van der Waals surface area contributed by atoms with Gasteiger partial charge in [-0.05, 0) is 146 Å². The first kappa shape index (κ1) is 95.9. The van der Waals surface area contributed by atoms with Crippen LogP contribution >= 0.6 is 0 Å². The Labute approximate surface area is 655 Å². The second-order valence-electron chi connectivity index (χ2n) is 20.7. The van der Waals surface area contributed by atoms with Gasteiger partial charge in [0.15, 0.2) is 128 Å². The van der Waals surface area contributed by atoms with E-state index in [0.717, 1.165) is 198 Å². The Balaban J connectivity index is 0.000000641. The molecule has 0 aromatic heterocycles. The van der Waals surface area contributed by atoms with Crippen LogP contribution in [0.2, 0.25) is 0 Å². The second kappa shape index (κ2) is 54.5. The molecule has 0 N–H and O–H groups in total. The molecule has 0 atom stereocenters. The van der Waals surface area contributed by atoms with Crippen molar-refractivity contribution in [3.05, 3.63) is 291 Å². The highest BCUT2D eigenvalue weighted by Crippen LogP contribution is 2.34. The fourth-order valence-electron chi connectivity index (χ4n) is 9.44. The molecule has 0 saturated carbocycles. The summed E-state index contributed by atoms with van der Waals surface area (Å²) < 4.78 is 64.1. The molecule has 0 spiro atoms. The quantitative estimate of drug-likeness (QED) is 0.0449. The van der Waals surface area contributed by atoms with E-state index in [9.17, 15) is 0 Å². The zero-order valence-corrected chi connectivity index (χ0v) is 66.9. The molecular formula is C84H90F6O12S6. The lowest BCUT2D eigenvalue weighted by Crippen LogP contribution is -3.00. The van der Waals surface area contributed by atoms with Crippen LogP contribution in [0.25, 0.3) is 0 Å². The second-order valence-corrected chi connectivity index (χ2v) is 27.9. The molecule has 108 heavy (non-hydrogen) atoms. The normalized spacial score (nSPS) is 9.44. The lowest BCUT2D eigenvalue weighted by Gasteiger charge is -2.03. The Morgan fingerprint density at radius 3 is 0.250 bits per heavy atom. The number of hydrogen-bond donors (Lipinski definition) is 0. The molecule has 0 saturated heterocycles. The van der Waals surface area contributed by atoms with Crippen molar-refractivity contribution in [2.75, 3.05) is 85.3 Å². The maximum atomic E-state index is 5.34. The smallest absolute Gasteiger partial charge is 0.200 e. The van der Waals surface area contributed by atoms with Crippen LogP contribution < -0.4 is 85.1 Å². The van der Waals surface area contributed by atoms with E-state index in [1.807, 2.05) is 218 Å². The molecule has 0 aliphatic carbocycles. The number of rotatable bonds is 24. The van der Waals surface area contributed by atoms with E-state index in [0.29, 0.717) is 0 Å². The molecule has 0 aliphatic rings. The molecule has 0 unspecified atom stereocenters. The standard InChI is InChI=1S/6C14H14O2S.6FH/c6*1-15-11-7-3-5-9-13(11)17-14-10-6-4-8-12(14)16-2;;;;;;/h6*3-10H,1-2H3;6*1H. The van der Waals surface area contributed by atoms with Crippen molar-refractivity contribution in [1.29, 1.82) is 0 Å². The van der Waals surface area contributed by atoms with Gasteiger partial charge in [-0.3, -0.25) is 0 Å². The van der Waals surface area contributed by atoms with Crippen molar-refractivity contribution < 1.29 is 85.1 Å². The molecule has 0 aliphatic heterocycles. The first-order valence-corrected chi connectivity index (χ1v) is 37.3. The monoisotopic (exact) mass is 1600 g/mol. The number of thiol groups is 6. The van der Waals surface area contributed by atoms with Gasteiger partial charge < -0.3 is 85.1 Å². The lowest BCUT2D eigenvalue weighted by molar-refractivity contribution is -0.00100.